The number of nitrogens with zero attached hydrogens (tertiary/aromatic N) is 1. The van der Waals surface area contributed by atoms with Gasteiger partial charge in [-0.15, -0.1) is 11.8 Å². The van der Waals surface area contributed by atoms with Gasteiger partial charge in [0.15, 0.2) is 11.5 Å². The SMILES string of the molecule is COc1ccc(OC)c(NC(=O)[C@@H]2N3C(=O)c4c(ccc(OC)c4OC)[C@H]3SC2(C)C)c1. The second kappa shape index (κ2) is 8.12. The Morgan fingerprint density at radius 3 is 2.31 bits per heavy atom. The van der Waals surface area contributed by atoms with Crippen LogP contribution in [0.15, 0.2) is 30.3 Å². The molecule has 0 unspecified atom stereocenters. The molecule has 2 heterocycles. The zero-order valence-corrected chi connectivity index (χ0v) is 19.7. The van der Waals surface area contributed by atoms with Gasteiger partial charge in [0.1, 0.15) is 22.9 Å². The first-order valence-electron chi connectivity index (χ1n) is 10.1. The van der Waals surface area contributed by atoms with Crippen LogP contribution in [0.5, 0.6) is 23.0 Å². The number of hydrogen-bond donors (Lipinski definition) is 1. The molecule has 0 aliphatic carbocycles. The summed E-state index contributed by atoms with van der Waals surface area (Å²) >= 11 is 1.57. The topological polar surface area (TPSA) is 86.3 Å². The van der Waals surface area contributed by atoms with Gasteiger partial charge in [0.2, 0.25) is 5.91 Å². The average Bonchev–Trinajstić information content (AvgIpc) is 3.21. The van der Waals surface area contributed by atoms with E-state index in [0.29, 0.717) is 34.2 Å². The average molecular weight is 459 g/mol. The molecule has 0 radical (unpaired) electrons. The zero-order valence-electron chi connectivity index (χ0n) is 18.8. The minimum absolute atomic E-state index is 0.253. The molecule has 0 bridgehead atoms. The second-order valence-corrected chi connectivity index (χ2v) is 9.74. The molecule has 1 saturated heterocycles. The standard InChI is InChI=1S/C23H26N2O6S/c1-23(2)19(20(26)24-14-11-12(28-3)7-9-15(14)29-4)25-21(27)17-13(22(25)32-23)8-10-16(30-5)18(17)31-6/h7-11,19,22H,1-6H3,(H,24,26)/t19-,22+/m0/s1. The van der Waals surface area contributed by atoms with Gasteiger partial charge in [0.25, 0.3) is 5.91 Å². The van der Waals surface area contributed by atoms with E-state index in [1.807, 2.05) is 19.9 Å². The molecule has 32 heavy (non-hydrogen) atoms. The fraction of sp³-hybridized carbons (Fsp3) is 0.391. The Kier molecular flexibility index (Phi) is 5.62. The number of rotatable bonds is 6. The number of benzene rings is 2. The molecule has 1 N–H and O–H groups in total. The van der Waals surface area contributed by atoms with E-state index in [2.05, 4.69) is 5.32 Å². The van der Waals surface area contributed by atoms with Gasteiger partial charge in [0.05, 0.1) is 39.7 Å². The van der Waals surface area contributed by atoms with E-state index in [1.54, 1.807) is 48.0 Å². The maximum Gasteiger partial charge on any atom is 0.260 e. The number of thioether (sulfide) groups is 1. The van der Waals surface area contributed by atoms with Crippen LogP contribution in [-0.4, -0.2) is 55.9 Å². The number of hydrogen-bond acceptors (Lipinski definition) is 7. The summed E-state index contributed by atoms with van der Waals surface area (Å²) in [6.07, 6.45) is 0. The number of ether oxygens (including phenoxy) is 4. The molecule has 2 aromatic rings. The van der Waals surface area contributed by atoms with Crippen molar-refractivity contribution in [2.75, 3.05) is 33.8 Å². The summed E-state index contributed by atoms with van der Waals surface area (Å²) in [6, 6.07) is 8.10. The van der Waals surface area contributed by atoms with Crippen LogP contribution < -0.4 is 24.3 Å². The lowest BCUT2D eigenvalue weighted by Crippen LogP contribution is -2.50. The molecule has 2 amide bonds. The van der Waals surface area contributed by atoms with E-state index in [1.165, 1.54) is 21.3 Å². The molecule has 8 nitrogen and oxygen atoms in total. The maximum atomic E-state index is 13.6. The highest BCUT2D eigenvalue weighted by atomic mass is 32.2. The molecule has 1 fully saturated rings. The van der Waals surface area contributed by atoms with Crippen molar-refractivity contribution in [2.24, 2.45) is 0 Å². The second-order valence-electron chi connectivity index (χ2n) is 8.01. The molecule has 0 spiro atoms. The lowest BCUT2D eigenvalue weighted by Gasteiger charge is -2.29. The Bertz CT molecular complexity index is 1090. The summed E-state index contributed by atoms with van der Waals surface area (Å²) in [5.41, 5.74) is 1.74. The number of anilines is 1. The lowest BCUT2D eigenvalue weighted by atomic mass is 10.0. The van der Waals surface area contributed by atoms with Gasteiger partial charge >= 0.3 is 0 Å². The third kappa shape index (κ3) is 3.31. The van der Waals surface area contributed by atoms with Crippen molar-refractivity contribution in [2.45, 2.75) is 30.0 Å². The van der Waals surface area contributed by atoms with Gasteiger partial charge in [-0.25, -0.2) is 0 Å². The highest BCUT2D eigenvalue weighted by Gasteiger charge is 2.58. The molecule has 0 saturated carbocycles. The minimum Gasteiger partial charge on any atom is -0.497 e. The van der Waals surface area contributed by atoms with Crippen molar-refractivity contribution < 1.29 is 28.5 Å². The fourth-order valence-electron chi connectivity index (χ4n) is 4.37. The van der Waals surface area contributed by atoms with Gasteiger partial charge in [0, 0.05) is 16.4 Å². The third-order valence-corrected chi connectivity index (χ3v) is 7.34. The summed E-state index contributed by atoms with van der Waals surface area (Å²) in [4.78, 5) is 28.7. The first kappa shape index (κ1) is 22.1. The van der Waals surface area contributed by atoms with Crippen molar-refractivity contribution in [3.63, 3.8) is 0 Å². The van der Waals surface area contributed by atoms with Crippen LogP contribution in [0.2, 0.25) is 0 Å². The van der Waals surface area contributed by atoms with Crippen molar-refractivity contribution in [1.82, 2.24) is 4.90 Å². The van der Waals surface area contributed by atoms with Crippen molar-refractivity contribution in [3.8, 4) is 23.0 Å². The smallest absolute Gasteiger partial charge is 0.260 e. The van der Waals surface area contributed by atoms with E-state index in [9.17, 15) is 9.59 Å². The monoisotopic (exact) mass is 458 g/mol. The van der Waals surface area contributed by atoms with Gasteiger partial charge in [-0.2, -0.15) is 0 Å². The Labute approximate surface area is 191 Å². The molecular formula is C23H26N2O6S. The molecule has 4 rings (SSSR count). The molecule has 2 atom stereocenters. The first-order valence-corrected chi connectivity index (χ1v) is 10.9. The Hall–Kier alpha value is -3.07. The van der Waals surface area contributed by atoms with Crippen molar-refractivity contribution in [3.05, 3.63) is 41.5 Å². The molecule has 170 valence electrons. The summed E-state index contributed by atoms with van der Waals surface area (Å²) in [5.74, 6) is 1.39. The number of carbonyl (C=O) groups excluding carboxylic acids is 2. The molecule has 0 aromatic heterocycles. The normalized spacial score (nSPS) is 20.4. The van der Waals surface area contributed by atoms with E-state index in [0.717, 1.165) is 5.56 Å². The largest absolute Gasteiger partial charge is 0.497 e. The third-order valence-electron chi connectivity index (χ3n) is 5.81. The molecule has 2 aliphatic rings. The summed E-state index contributed by atoms with van der Waals surface area (Å²) < 4.78 is 21.0. The summed E-state index contributed by atoms with van der Waals surface area (Å²) in [7, 11) is 6.12. The summed E-state index contributed by atoms with van der Waals surface area (Å²) in [6.45, 7) is 3.94. The predicted octanol–water partition coefficient (Wildman–Crippen LogP) is 3.71. The highest BCUT2D eigenvalue weighted by Crippen LogP contribution is 2.58. The molecule has 9 heteroatoms. The predicted molar refractivity (Wildman–Crippen MR) is 122 cm³/mol. The van der Waals surface area contributed by atoms with Gasteiger partial charge in [-0.1, -0.05) is 6.07 Å². The van der Waals surface area contributed by atoms with E-state index >= 15 is 0 Å². The van der Waals surface area contributed by atoms with Crippen LogP contribution in [0.4, 0.5) is 5.69 Å². The highest BCUT2D eigenvalue weighted by molar-refractivity contribution is 8.01. The fourth-order valence-corrected chi connectivity index (χ4v) is 5.95. The quantitative estimate of drug-likeness (QED) is 0.706. The molecule has 2 aromatic carbocycles. The van der Waals surface area contributed by atoms with E-state index < -0.39 is 10.8 Å². The van der Waals surface area contributed by atoms with E-state index in [-0.39, 0.29) is 17.2 Å². The van der Waals surface area contributed by atoms with Gasteiger partial charge in [-0.3, -0.25) is 9.59 Å². The van der Waals surface area contributed by atoms with Crippen molar-refractivity contribution >= 4 is 29.3 Å². The maximum absolute atomic E-state index is 13.6. The zero-order chi connectivity index (χ0) is 23.2. The van der Waals surface area contributed by atoms with Crippen LogP contribution >= 0.6 is 11.8 Å². The Morgan fingerprint density at radius 1 is 1.00 bits per heavy atom. The van der Waals surface area contributed by atoms with Gasteiger partial charge in [-0.05, 0) is 32.0 Å². The van der Waals surface area contributed by atoms with Crippen molar-refractivity contribution in [1.29, 1.82) is 0 Å². The number of nitrogens with one attached hydrogen (secondary N) is 1. The first-order chi connectivity index (χ1) is 15.3. The summed E-state index contributed by atoms with van der Waals surface area (Å²) in [5, 5.41) is 2.64. The number of amides is 2. The van der Waals surface area contributed by atoms with Crippen LogP contribution in [-0.2, 0) is 4.79 Å². The van der Waals surface area contributed by atoms with Crippen LogP contribution in [0.3, 0.4) is 0 Å². The van der Waals surface area contributed by atoms with E-state index in [4.69, 9.17) is 18.9 Å². The minimum atomic E-state index is -0.719. The Balaban J connectivity index is 1.72. The van der Waals surface area contributed by atoms with Crippen LogP contribution in [0, 0.1) is 0 Å². The van der Waals surface area contributed by atoms with Crippen LogP contribution in [0.1, 0.15) is 35.1 Å². The number of fused-ring (bicyclic) bond motifs is 3. The van der Waals surface area contributed by atoms with Gasteiger partial charge < -0.3 is 29.2 Å². The lowest BCUT2D eigenvalue weighted by molar-refractivity contribution is -0.121. The Morgan fingerprint density at radius 2 is 1.69 bits per heavy atom. The molecule has 2 aliphatic heterocycles. The number of carbonyl (C=O) groups is 2. The number of methoxy groups -OCH3 is 4. The molecular weight excluding hydrogens is 432 g/mol. The van der Waals surface area contributed by atoms with Crippen LogP contribution in [0.25, 0.3) is 0 Å².